The first-order valence-corrected chi connectivity index (χ1v) is 7.80. The molecule has 0 saturated carbocycles. The van der Waals surface area contributed by atoms with Crippen LogP contribution in [0.15, 0.2) is 42.7 Å². The van der Waals surface area contributed by atoms with Crippen LogP contribution >= 0.6 is 0 Å². The Kier molecular flexibility index (Phi) is 4.30. The van der Waals surface area contributed by atoms with Crippen molar-refractivity contribution in [3.05, 3.63) is 53.9 Å². The summed E-state index contributed by atoms with van der Waals surface area (Å²) in [6.07, 6.45) is 0.464. The molecule has 0 bridgehead atoms. The third-order valence-electron chi connectivity index (χ3n) is 4.32. The van der Waals surface area contributed by atoms with Crippen molar-refractivity contribution >= 4 is 5.91 Å². The van der Waals surface area contributed by atoms with Gasteiger partial charge in [0.25, 0.3) is 5.91 Å². The molecule has 1 aliphatic heterocycles. The fraction of sp³-hybridized carbons (Fsp3) is 0.333. The van der Waals surface area contributed by atoms with Crippen LogP contribution in [0.1, 0.15) is 35.7 Å². The normalized spacial score (nSPS) is 18.0. The van der Waals surface area contributed by atoms with E-state index in [0.717, 1.165) is 25.0 Å². The topological polar surface area (TPSA) is 33.2 Å². The maximum Gasteiger partial charge on any atom is 0.416 e. The van der Waals surface area contributed by atoms with Crippen LogP contribution in [0.4, 0.5) is 13.2 Å². The van der Waals surface area contributed by atoms with E-state index in [0.29, 0.717) is 23.2 Å². The van der Waals surface area contributed by atoms with Crippen LogP contribution in [-0.2, 0) is 6.18 Å². The summed E-state index contributed by atoms with van der Waals surface area (Å²) in [6.45, 7) is 2.70. The summed E-state index contributed by atoms with van der Waals surface area (Å²) in [5.74, 6) is -0.124. The van der Waals surface area contributed by atoms with Gasteiger partial charge >= 0.3 is 6.18 Å². The van der Waals surface area contributed by atoms with Crippen LogP contribution in [0.2, 0.25) is 0 Å². The molecule has 3 rings (SSSR count). The highest BCUT2D eigenvalue weighted by atomic mass is 19.4. The average molecular weight is 334 g/mol. The molecule has 2 heterocycles. The van der Waals surface area contributed by atoms with Gasteiger partial charge in [-0.25, -0.2) is 0 Å². The van der Waals surface area contributed by atoms with Gasteiger partial charge in [-0.3, -0.25) is 9.78 Å². The molecule has 3 nitrogen and oxygen atoms in total. The van der Waals surface area contributed by atoms with Crippen LogP contribution in [0, 0.1) is 0 Å². The SMILES string of the molecule is CC1CCCN1C(=O)c1cncc(-c2cccc(C(F)(F)F)c2)c1. The zero-order valence-corrected chi connectivity index (χ0v) is 13.2. The molecule has 6 heteroatoms. The molecular formula is C18H17F3N2O. The number of carbonyl (C=O) groups excluding carboxylic acids is 1. The molecule has 126 valence electrons. The average Bonchev–Trinajstić information content (AvgIpc) is 3.00. The fourth-order valence-electron chi connectivity index (χ4n) is 2.99. The molecule has 0 spiro atoms. The number of amides is 1. The van der Waals surface area contributed by atoms with Gasteiger partial charge in [0.1, 0.15) is 0 Å². The number of nitrogens with zero attached hydrogens (tertiary/aromatic N) is 2. The van der Waals surface area contributed by atoms with E-state index in [9.17, 15) is 18.0 Å². The number of hydrogen-bond acceptors (Lipinski definition) is 2. The van der Waals surface area contributed by atoms with Crippen molar-refractivity contribution in [1.82, 2.24) is 9.88 Å². The number of alkyl halides is 3. The van der Waals surface area contributed by atoms with Gasteiger partial charge in [0, 0.05) is 30.5 Å². The molecule has 1 aliphatic rings. The van der Waals surface area contributed by atoms with Gasteiger partial charge in [0.15, 0.2) is 0 Å². The number of rotatable bonds is 2. The lowest BCUT2D eigenvalue weighted by molar-refractivity contribution is -0.137. The Bertz CT molecular complexity index is 758. The first-order valence-electron chi connectivity index (χ1n) is 7.80. The van der Waals surface area contributed by atoms with Gasteiger partial charge in [-0.2, -0.15) is 13.2 Å². The molecule has 24 heavy (non-hydrogen) atoms. The van der Waals surface area contributed by atoms with Gasteiger partial charge in [0.05, 0.1) is 11.1 Å². The lowest BCUT2D eigenvalue weighted by atomic mass is 10.0. The third kappa shape index (κ3) is 3.27. The van der Waals surface area contributed by atoms with Gasteiger partial charge in [0.2, 0.25) is 0 Å². The highest BCUT2D eigenvalue weighted by molar-refractivity contribution is 5.95. The minimum Gasteiger partial charge on any atom is -0.336 e. The molecule has 1 amide bonds. The first-order chi connectivity index (χ1) is 11.4. The second kappa shape index (κ2) is 6.26. The lowest BCUT2D eigenvalue weighted by Crippen LogP contribution is -2.33. The molecule has 2 aromatic rings. The molecule has 1 saturated heterocycles. The van der Waals surface area contributed by atoms with Crippen LogP contribution in [-0.4, -0.2) is 28.4 Å². The largest absolute Gasteiger partial charge is 0.416 e. The van der Waals surface area contributed by atoms with E-state index in [4.69, 9.17) is 0 Å². The van der Waals surface area contributed by atoms with Crippen molar-refractivity contribution in [2.24, 2.45) is 0 Å². The van der Waals surface area contributed by atoms with Gasteiger partial charge in [-0.1, -0.05) is 12.1 Å². The number of halogens is 3. The van der Waals surface area contributed by atoms with Crippen molar-refractivity contribution in [3.8, 4) is 11.1 Å². The number of aromatic nitrogens is 1. The van der Waals surface area contributed by atoms with E-state index in [2.05, 4.69) is 4.98 Å². The zero-order valence-electron chi connectivity index (χ0n) is 13.2. The van der Waals surface area contributed by atoms with Crippen molar-refractivity contribution in [1.29, 1.82) is 0 Å². The lowest BCUT2D eigenvalue weighted by Gasteiger charge is -2.21. The second-order valence-corrected chi connectivity index (χ2v) is 6.03. The molecular weight excluding hydrogens is 317 g/mol. The number of pyridine rings is 1. The molecule has 1 aromatic heterocycles. The van der Waals surface area contributed by atoms with Gasteiger partial charge in [-0.15, -0.1) is 0 Å². The summed E-state index contributed by atoms with van der Waals surface area (Å²) in [5, 5.41) is 0. The number of carbonyl (C=O) groups is 1. The number of benzene rings is 1. The highest BCUT2D eigenvalue weighted by Crippen LogP contribution is 2.32. The predicted molar refractivity (Wildman–Crippen MR) is 84.4 cm³/mol. The summed E-state index contributed by atoms with van der Waals surface area (Å²) in [5.41, 5.74) is 0.573. The standard InChI is InChI=1S/C18H17F3N2O/c1-12-4-3-7-23(12)17(24)15-8-14(10-22-11-15)13-5-2-6-16(9-13)18(19,20)21/h2,5-6,8-12H,3-4,7H2,1H3. The smallest absolute Gasteiger partial charge is 0.336 e. The summed E-state index contributed by atoms with van der Waals surface area (Å²) in [6, 6.07) is 6.82. The Morgan fingerprint density at radius 1 is 1.21 bits per heavy atom. The maximum atomic E-state index is 12.9. The first kappa shape index (κ1) is 16.5. The summed E-state index contributed by atoms with van der Waals surface area (Å²) < 4.78 is 38.6. The van der Waals surface area contributed by atoms with E-state index >= 15 is 0 Å². The van der Waals surface area contributed by atoms with Crippen LogP contribution in [0.5, 0.6) is 0 Å². The van der Waals surface area contributed by atoms with E-state index in [1.165, 1.54) is 18.5 Å². The van der Waals surface area contributed by atoms with E-state index in [1.807, 2.05) is 6.92 Å². The molecule has 0 aliphatic carbocycles. The minimum absolute atomic E-state index is 0.124. The summed E-state index contributed by atoms with van der Waals surface area (Å²) in [7, 11) is 0. The Labute approximate surface area is 138 Å². The molecule has 1 fully saturated rings. The summed E-state index contributed by atoms with van der Waals surface area (Å²) in [4.78, 5) is 18.4. The van der Waals surface area contributed by atoms with Crippen LogP contribution in [0.25, 0.3) is 11.1 Å². The molecule has 0 N–H and O–H groups in total. The van der Waals surface area contributed by atoms with Crippen molar-refractivity contribution in [2.75, 3.05) is 6.54 Å². The van der Waals surface area contributed by atoms with Crippen molar-refractivity contribution in [2.45, 2.75) is 32.0 Å². The molecule has 1 aromatic carbocycles. The summed E-state index contributed by atoms with van der Waals surface area (Å²) >= 11 is 0. The Hall–Kier alpha value is -2.37. The Morgan fingerprint density at radius 2 is 2.00 bits per heavy atom. The van der Waals surface area contributed by atoms with E-state index < -0.39 is 11.7 Å². The predicted octanol–water partition coefficient (Wildman–Crippen LogP) is 4.39. The molecule has 0 radical (unpaired) electrons. The van der Waals surface area contributed by atoms with Gasteiger partial charge < -0.3 is 4.90 Å². The minimum atomic E-state index is -4.40. The molecule has 1 atom stereocenters. The van der Waals surface area contributed by atoms with Crippen molar-refractivity contribution < 1.29 is 18.0 Å². The van der Waals surface area contributed by atoms with Crippen molar-refractivity contribution in [3.63, 3.8) is 0 Å². The Balaban J connectivity index is 1.92. The fourth-order valence-corrected chi connectivity index (χ4v) is 2.99. The zero-order chi connectivity index (χ0) is 17.3. The number of likely N-dealkylation sites (tertiary alicyclic amines) is 1. The van der Waals surface area contributed by atoms with Crippen LogP contribution in [0.3, 0.4) is 0 Å². The Morgan fingerprint density at radius 3 is 2.67 bits per heavy atom. The van der Waals surface area contributed by atoms with Crippen LogP contribution < -0.4 is 0 Å². The molecule has 1 unspecified atom stereocenters. The number of hydrogen-bond donors (Lipinski definition) is 0. The second-order valence-electron chi connectivity index (χ2n) is 6.03. The van der Waals surface area contributed by atoms with E-state index in [-0.39, 0.29) is 11.9 Å². The quantitative estimate of drug-likeness (QED) is 0.816. The van der Waals surface area contributed by atoms with E-state index in [1.54, 1.807) is 17.0 Å². The van der Waals surface area contributed by atoms with Gasteiger partial charge in [-0.05, 0) is 43.5 Å². The maximum absolute atomic E-state index is 12.9. The highest BCUT2D eigenvalue weighted by Gasteiger charge is 2.30. The third-order valence-corrected chi connectivity index (χ3v) is 4.32. The monoisotopic (exact) mass is 334 g/mol.